The van der Waals surface area contributed by atoms with Crippen molar-refractivity contribution in [2.75, 3.05) is 26.2 Å². The normalized spacial score (nSPS) is 16.9. The van der Waals surface area contributed by atoms with Gasteiger partial charge in [0.15, 0.2) is 0 Å². The molecule has 0 aliphatic carbocycles. The molecule has 4 nitrogen and oxygen atoms in total. The summed E-state index contributed by atoms with van der Waals surface area (Å²) in [5.41, 5.74) is 1.19. The van der Waals surface area contributed by atoms with Crippen molar-refractivity contribution >= 4 is 23.2 Å². The Morgan fingerprint density at radius 3 is 2.30 bits per heavy atom. The summed E-state index contributed by atoms with van der Waals surface area (Å²) in [4.78, 5) is 2.11. The van der Waals surface area contributed by atoms with Crippen molar-refractivity contribution in [1.82, 2.24) is 10.2 Å². The number of phenols is 1. The Labute approximate surface area is 164 Å². The van der Waals surface area contributed by atoms with Gasteiger partial charge in [-0.15, -0.1) is 13.2 Å². The number of halogens is 5. The maximum Gasteiger partial charge on any atom is 0.573 e. The van der Waals surface area contributed by atoms with Gasteiger partial charge in [0.05, 0.1) is 11.1 Å². The first-order valence-corrected chi connectivity index (χ1v) is 8.98. The molecule has 0 saturated carbocycles. The van der Waals surface area contributed by atoms with E-state index in [-0.39, 0.29) is 16.5 Å². The SMILES string of the molecule is Oc1c(Cl)cc(Cl)cc1[C@H](c1ccc(OC(F)(F)F)cc1)N1CCNCC1. The van der Waals surface area contributed by atoms with E-state index in [1.54, 1.807) is 18.2 Å². The third-order valence-corrected chi connectivity index (χ3v) is 4.80. The molecular formula is C18H17Cl2F3N2O2. The van der Waals surface area contributed by atoms with Crippen LogP contribution in [0.5, 0.6) is 11.5 Å². The Bertz CT molecular complexity index is 794. The van der Waals surface area contributed by atoms with Gasteiger partial charge in [0.25, 0.3) is 0 Å². The molecule has 2 aromatic carbocycles. The van der Waals surface area contributed by atoms with Crippen LogP contribution in [0.25, 0.3) is 0 Å². The zero-order valence-corrected chi connectivity index (χ0v) is 15.6. The molecule has 1 fully saturated rings. The number of ether oxygens (including phenoxy) is 1. The topological polar surface area (TPSA) is 44.7 Å². The fraction of sp³-hybridized carbons (Fsp3) is 0.333. The van der Waals surface area contributed by atoms with Crippen LogP contribution in [0.2, 0.25) is 10.0 Å². The van der Waals surface area contributed by atoms with Gasteiger partial charge >= 0.3 is 6.36 Å². The summed E-state index contributed by atoms with van der Waals surface area (Å²) in [5.74, 6) is -0.404. The minimum Gasteiger partial charge on any atom is -0.506 e. The van der Waals surface area contributed by atoms with E-state index in [9.17, 15) is 18.3 Å². The smallest absolute Gasteiger partial charge is 0.506 e. The summed E-state index contributed by atoms with van der Waals surface area (Å²) in [6.07, 6.45) is -4.75. The fourth-order valence-corrected chi connectivity index (χ4v) is 3.68. The third kappa shape index (κ3) is 4.99. The molecule has 3 rings (SSSR count). The molecule has 0 unspecified atom stereocenters. The summed E-state index contributed by atoms with van der Waals surface area (Å²) in [6.45, 7) is 2.88. The molecule has 27 heavy (non-hydrogen) atoms. The Hall–Kier alpha value is -1.67. The van der Waals surface area contributed by atoms with Gasteiger partial charge in [0.1, 0.15) is 11.5 Å². The molecule has 0 aromatic heterocycles. The highest BCUT2D eigenvalue weighted by molar-refractivity contribution is 6.35. The van der Waals surface area contributed by atoms with Crippen LogP contribution in [0.1, 0.15) is 17.2 Å². The maximum absolute atomic E-state index is 12.4. The lowest BCUT2D eigenvalue weighted by atomic mass is 9.95. The molecule has 1 atom stereocenters. The second-order valence-corrected chi connectivity index (χ2v) is 6.97. The quantitative estimate of drug-likeness (QED) is 0.758. The fourth-order valence-electron chi connectivity index (χ4n) is 3.17. The van der Waals surface area contributed by atoms with Crippen LogP contribution in [0, 0.1) is 0 Å². The molecule has 1 heterocycles. The number of nitrogens with zero attached hydrogens (tertiary/aromatic N) is 1. The van der Waals surface area contributed by atoms with Gasteiger partial charge in [-0.1, -0.05) is 35.3 Å². The Kier molecular flexibility index (Phi) is 6.05. The van der Waals surface area contributed by atoms with E-state index in [1.807, 2.05) is 0 Å². The molecule has 2 N–H and O–H groups in total. The lowest BCUT2D eigenvalue weighted by molar-refractivity contribution is -0.274. The van der Waals surface area contributed by atoms with E-state index in [1.165, 1.54) is 18.2 Å². The second-order valence-electron chi connectivity index (χ2n) is 6.13. The van der Waals surface area contributed by atoms with E-state index in [4.69, 9.17) is 23.2 Å². The lowest BCUT2D eigenvalue weighted by Gasteiger charge is -2.36. The van der Waals surface area contributed by atoms with Crippen molar-refractivity contribution < 1.29 is 23.0 Å². The van der Waals surface area contributed by atoms with Gasteiger partial charge in [-0.05, 0) is 29.8 Å². The van der Waals surface area contributed by atoms with Crippen LogP contribution in [-0.4, -0.2) is 42.5 Å². The molecule has 1 aliphatic heterocycles. The van der Waals surface area contributed by atoms with E-state index < -0.39 is 12.4 Å². The Morgan fingerprint density at radius 2 is 1.70 bits per heavy atom. The Morgan fingerprint density at radius 1 is 1.07 bits per heavy atom. The average molecular weight is 421 g/mol. The molecule has 1 aliphatic rings. The van der Waals surface area contributed by atoms with Crippen LogP contribution < -0.4 is 10.1 Å². The van der Waals surface area contributed by atoms with Crippen LogP contribution in [0.15, 0.2) is 36.4 Å². The number of hydrogen-bond donors (Lipinski definition) is 2. The predicted molar refractivity (Wildman–Crippen MR) is 97.5 cm³/mol. The monoisotopic (exact) mass is 420 g/mol. The number of benzene rings is 2. The van der Waals surface area contributed by atoms with Gasteiger partial charge in [-0.3, -0.25) is 4.90 Å². The zero-order chi connectivity index (χ0) is 19.6. The highest BCUT2D eigenvalue weighted by atomic mass is 35.5. The van der Waals surface area contributed by atoms with Gasteiger partial charge in [0, 0.05) is 36.8 Å². The molecule has 0 radical (unpaired) electrons. The number of piperazine rings is 1. The third-order valence-electron chi connectivity index (χ3n) is 4.30. The van der Waals surface area contributed by atoms with E-state index >= 15 is 0 Å². The van der Waals surface area contributed by atoms with Gasteiger partial charge in [-0.25, -0.2) is 0 Å². The van der Waals surface area contributed by atoms with Gasteiger partial charge in [0.2, 0.25) is 0 Å². The van der Waals surface area contributed by atoms with Crippen molar-refractivity contribution in [2.45, 2.75) is 12.4 Å². The van der Waals surface area contributed by atoms with E-state index in [0.717, 1.165) is 13.1 Å². The first-order chi connectivity index (χ1) is 12.7. The first-order valence-electron chi connectivity index (χ1n) is 8.23. The maximum atomic E-state index is 12.4. The number of aromatic hydroxyl groups is 1. The summed E-state index contributed by atoms with van der Waals surface area (Å²) in [5, 5.41) is 14.2. The van der Waals surface area contributed by atoms with E-state index in [0.29, 0.717) is 29.2 Å². The first kappa shape index (κ1) is 20.1. The summed E-state index contributed by atoms with van der Waals surface area (Å²) in [6, 6.07) is 8.24. The number of alkyl halides is 3. The summed E-state index contributed by atoms with van der Waals surface area (Å²) < 4.78 is 41.1. The van der Waals surface area contributed by atoms with Crippen molar-refractivity contribution in [3.05, 3.63) is 57.6 Å². The molecule has 146 valence electrons. The summed E-state index contributed by atoms with van der Waals surface area (Å²) in [7, 11) is 0. The van der Waals surface area contributed by atoms with Gasteiger partial charge in [-0.2, -0.15) is 0 Å². The zero-order valence-electron chi connectivity index (χ0n) is 14.1. The molecule has 0 spiro atoms. The van der Waals surface area contributed by atoms with Crippen molar-refractivity contribution in [3.63, 3.8) is 0 Å². The van der Waals surface area contributed by atoms with Crippen LogP contribution in [0.4, 0.5) is 13.2 Å². The van der Waals surface area contributed by atoms with Crippen molar-refractivity contribution in [2.24, 2.45) is 0 Å². The average Bonchev–Trinajstić information content (AvgIpc) is 2.60. The van der Waals surface area contributed by atoms with Crippen molar-refractivity contribution in [1.29, 1.82) is 0 Å². The second kappa shape index (κ2) is 8.14. The molecule has 0 amide bonds. The van der Waals surface area contributed by atoms with Gasteiger partial charge < -0.3 is 15.2 Å². The molecule has 0 bridgehead atoms. The highest BCUT2D eigenvalue weighted by Gasteiger charge is 2.32. The summed E-state index contributed by atoms with van der Waals surface area (Å²) >= 11 is 12.2. The van der Waals surface area contributed by atoms with E-state index in [2.05, 4.69) is 15.0 Å². The Balaban J connectivity index is 2.00. The van der Waals surface area contributed by atoms with Crippen LogP contribution >= 0.6 is 23.2 Å². The largest absolute Gasteiger partial charge is 0.573 e. The highest BCUT2D eigenvalue weighted by Crippen LogP contribution is 2.40. The van der Waals surface area contributed by atoms with Crippen LogP contribution in [-0.2, 0) is 0 Å². The number of nitrogens with one attached hydrogen (secondary N) is 1. The number of rotatable bonds is 4. The van der Waals surface area contributed by atoms with Crippen molar-refractivity contribution in [3.8, 4) is 11.5 Å². The number of phenolic OH excluding ortho intramolecular Hbond substituents is 1. The minimum absolute atomic E-state index is 0.0970. The predicted octanol–water partition coefficient (Wildman–Crippen LogP) is 4.59. The number of hydrogen-bond acceptors (Lipinski definition) is 4. The standard InChI is InChI=1S/C18H17Cl2F3N2O2/c19-12-9-14(17(26)15(20)10-12)16(25-7-5-24-6-8-25)11-1-3-13(4-2-11)27-18(21,22)23/h1-4,9-10,16,24,26H,5-8H2/t16-/m0/s1. The molecular weight excluding hydrogens is 404 g/mol. The molecule has 2 aromatic rings. The lowest BCUT2D eigenvalue weighted by Crippen LogP contribution is -2.45. The molecule has 9 heteroatoms. The molecule has 1 saturated heterocycles. The minimum atomic E-state index is -4.75. The van der Waals surface area contributed by atoms with Crippen LogP contribution in [0.3, 0.4) is 0 Å².